The summed E-state index contributed by atoms with van der Waals surface area (Å²) in [7, 11) is 1.28. The van der Waals surface area contributed by atoms with E-state index in [-0.39, 0.29) is 34.2 Å². The van der Waals surface area contributed by atoms with Crippen LogP contribution in [0.5, 0.6) is 34.5 Å². The third kappa shape index (κ3) is 8.16. The Labute approximate surface area is 310 Å². The van der Waals surface area contributed by atoms with Crippen LogP contribution in [0.15, 0.2) is 69.9 Å². The summed E-state index contributed by atoms with van der Waals surface area (Å²) >= 11 is 0. The highest BCUT2D eigenvalue weighted by Gasteiger charge is 2.51. The first-order valence-electron chi connectivity index (χ1n) is 16.7. The number of carbonyl (C=O) groups is 1. The maximum Gasteiger partial charge on any atom is 0.330 e. The number of methoxy groups -OCH3 is 1. The quantitative estimate of drug-likeness (QED) is 0.0788. The minimum atomic E-state index is -1.99. The average molecular weight is 771 g/mol. The van der Waals surface area contributed by atoms with Gasteiger partial charge < -0.3 is 78.8 Å². The Morgan fingerprint density at radius 3 is 2.24 bits per heavy atom. The number of aliphatic hydroxyl groups is 5. The molecule has 6 rings (SSSR count). The smallest absolute Gasteiger partial charge is 0.330 e. The van der Waals surface area contributed by atoms with E-state index in [2.05, 4.69) is 0 Å². The second-order valence-corrected chi connectivity index (χ2v) is 12.8. The third-order valence-electron chi connectivity index (χ3n) is 9.03. The SMILES string of the molecule is COc1cc(-c2oc3cc(O)cc(O)c3c(=O)c2OC2OC(C)C(O)C(O)C2OC2OC(COC(=O)C=Cc3ccc(O)cc3)C(O)C(O)C2O)ccc1O. The molecule has 55 heavy (non-hydrogen) atoms. The lowest BCUT2D eigenvalue weighted by Crippen LogP contribution is -2.64. The topological polar surface area (TPSA) is 285 Å². The molecule has 18 nitrogen and oxygen atoms in total. The summed E-state index contributed by atoms with van der Waals surface area (Å²) in [5, 5.41) is 94.1. The van der Waals surface area contributed by atoms with Crippen LogP contribution in [0.3, 0.4) is 0 Å². The van der Waals surface area contributed by atoms with E-state index in [0.717, 1.165) is 18.2 Å². The minimum absolute atomic E-state index is 0.0244. The van der Waals surface area contributed by atoms with Gasteiger partial charge in [0, 0.05) is 23.8 Å². The Balaban J connectivity index is 1.29. The fourth-order valence-corrected chi connectivity index (χ4v) is 6.03. The van der Waals surface area contributed by atoms with Crippen molar-refractivity contribution in [1.29, 1.82) is 0 Å². The molecule has 0 saturated carbocycles. The second-order valence-electron chi connectivity index (χ2n) is 12.8. The predicted octanol–water partition coefficient (Wildman–Crippen LogP) is 0.586. The van der Waals surface area contributed by atoms with Gasteiger partial charge in [-0.1, -0.05) is 12.1 Å². The maximum atomic E-state index is 14.0. The molecule has 18 heteroatoms. The average Bonchev–Trinajstić information content (AvgIpc) is 3.15. The van der Waals surface area contributed by atoms with Crippen LogP contribution >= 0.6 is 0 Å². The van der Waals surface area contributed by atoms with Crippen molar-refractivity contribution in [2.24, 2.45) is 0 Å². The van der Waals surface area contributed by atoms with Gasteiger partial charge in [0.15, 0.2) is 29.7 Å². The van der Waals surface area contributed by atoms with Crippen LogP contribution in [0, 0.1) is 0 Å². The van der Waals surface area contributed by atoms with Crippen molar-refractivity contribution < 1.29 is 83.6 Å². The molecule has 10 unspecified atom stereocenters. The summed E-state index contributed by atoms with van der Waals surface area (Å²) in [6, 6.07) is 11.7. The molecule has 1 aromatic heterocycles. The largest absolute Gasteiger partial charge is 0.508 e. The molecule has 2 saturated heterocycles. The molecule has 2 fully saturated rings. The number of rotatable bonds is 10. The maximum absolute atomic E-state index is 14.0. The Morgan fingerprint density at radius 2 is 1.53 bits per heavy atom. The molecule has 4 aromatic rings. The lowest BCUT2D eigenvalue weighted by atomic mass is 9.97. The first-order valence-corrected chi connectivity index (χ1v) is 16.7. The van der Waals surface area contributed by atoms with Gasteiger partial charge in [0.2, 0.25) is 17.5 Å². The molecule has 0 amide bonds. The van der Waals surface area contributed by atoms with E-state index < -0.39 is 102 Å². The van der Waals surface area contributed by atoms with Crippen LogP contribution in [0.2, 0.25) is 0 Å². The van der Waals surface area contributed by atoms with Crippen LogP contribution < -0.4 is 14.9 Å². The Morgan fingerprint density at radius 1 is 0.800 bits per heavy atom. The predicted molar refractivity (Wildman–Crippen MR) is 186 cm³/mol. The van der Waals surface area contributed by atoms with Crippen molar-refractivity contribution in [3.05, 3.63) is 76.5 Å². The second kappa shape index (κ2) is 16.1. The molecule has 0 radical (unpaired) electrons. The number of ether oxygens (including phenoxy) is 6. The number of carbonyl (C=O) groups excluding carboxylic acids is 1. The standard InChI is InChI=1S/C37H38O18/c1-15-27(43)31(47)35(55-36-32(48)30(46)28(44)24(53-36)14-50-25(42)10-5-16-3-7-18(38)8-4-16)37(51-15)54-34-29(45)26-21(41)12-19(39)13-23(26)52-33(34)17-6-9-20(40)22(11-17)49-2/h3-13,15,24,27-28,30-32,35-41,43-44,46-48H,14H2,1-2H3. The number of hydrogen-bond acceptors (Lipinski definition) is 18. The zero-order chi connectivity index (χ0) is 39.7. The van der Waals surface area contributed by atoms with E-state index in [4.69, 9.17) is 32.8 Å². The van der Waals surface area contributed by atoms with E-state index >= 15 is 0 Å². The van der Waals surface area contributed by atoms with Gasteiger partial charge in [0.05, 0.1) is 13.2 Å². The van der Waals surface area contributed by atoms with E-state index in [0.29, 0.717) is 5.56 Å². The number of aliphatic hydroxyl groups excluding tert-OH is 5. The molecule has 3 heterocycles. The number of phenolic OH excluding ortho intramolecular Hbond substituents is 4. The molecule has 2 aliphatic heterocycles. The first kappa shape index (κ1) is 39.3. The number of phenols is 4. The van der Waals surface area contributed by atoms with E-state index in [1.165, 1.54) is 50.4 Å². The van der Waals surface area contributed by atoms with Gasteiger partial charge in [-0.15, -0.1) is 0 Å². The van der Waals surface area contributed by atoms with Crippen molar-refractivity contribution in [3.63, 3.8) is 0 Å². The number of benzene rings is 3. The van der Waals surface area contributed by atoms with Crippen molar-refractivity contribution in [2.75, 3.05) is 13.7 Å². The van der Waals surface area contributed by atoms with Gasteiger partial charge in [-0.25, -0.2) is 4.79 Å². The van der Waals surface area contributed by atoms with Crippen LogP contribution in [0.25, 0.3) is 28.4 Å². The normalized spacial score (nSPS) is 28.3. The number of aromatic hydroxyl groups is 4. The van der Waals surface area contributed by atoms with E-state index in [9.17, 15) is 55.5 Å². The zero-order valence-electron chi connectivity index (χ0n) is 29.0. The molecule has 9 N–H and O–H groups in total. The van der Waals surface area contributed by atoms with Crippen molar-refractivity contribution in [3.8, 4) is 45.8 Å². The summed E-state index contributed by atoms with van der Waals surface area (Å²) in [5.74, 6) is -3.24. The van der Waals surface area contributed by atoms with Gasteiger partial charge in [0.25, 0.3) is 0 Å². The molecule has 10 atom stereocenters. The summed E-state index contributed by atoms with van der Waals surface area (Å²) in [4.78, 5) is 26.4. The van der Waals surface area contributed by atoms with Crippen LogP contribution in [0.1, 0.15) is 12.5 Å². The molecule has 0 spiro atoms. The first-order chi connectivity index (χ1) is 26.2. The number of hydrogen-bond donors (Lipinski definition) is 9. The summed E-state index contributed by atoms with van der Waals surface area (Å²) in [6.07, 6.45) is -15.0. The molecule has 0 bridgehead atoms. The molecule has 2 aliphatic rings. The van der Waals surface area contributed by atoms with Gasteiger partial charge in [-0.3, -0.25) is 4.79 Å². The minimum Gasteiger partial charge on any atom is -0.508 e. The van der Waals surface area contributed by atoms with Gasteiger partial charge in [-0.05, 0) is 48.9 Å². The fraction of sp³-hybridized carbons (Fsp3) is 0.351. The van der Waals surface area contributed by atoms with Crippen molar-refractivity contribution >= 4 is 23.0 Å². The Bertz CT molecular complexity index is 2100. The van der Waals surface area contributed by atoms with Crippen LogP contribution in [0.4, 0.5) is 0 Å². The molecule has 3 aromatic carbocycles. The highest BCUT2D eigenvalue weighted by atomic mass is 16.8. The Kier molecular flexibility index (Phi) is 11.5. The molecule has 294 valence electrons. The van der Waals surface area contributed by atoms with Crippen LogP contribution in [-0.4, -0.2) is 127 Å². The van der Waals surface area contributed by atoms with Crippen LogP contribution in [-0.2, 0) is 23.7 Å². The summed E-state index contributed by atoms with van der Waals surface area (Å²) < 4.78 is 39.6. The molecular weight excluding hydrogens is 732 g/mol. The fourth-order valence-electron chi connectivity index (χ4n) is 6.03. The summed E-state index contributed by atoms with van der Waals surface area (Å²) in [6.45, 7) is 0.722. The van der Waals surface area contributed by atoms with E-state index in [1.54, 1.807) is 12.1 Å². The monoisotopic (exact) mass is 770 g/mol. The Hall–Kier alpha value is -5.44. The van der Waals surface area contributed by atoms with Gasteiger partial charge >= 0.3 is 5.97 Å². The highest BCUT2D eigenvalue weighted by molar-refractivity contribution is 5.88. The number of esters is 1. The van der Waals surface area contributed by atoms with Gasteiger partial charge in [0.1, 0.15) is 71.4 Å². The van der Waals surface area contributed by atoms with Crippen molar-refractivity contribution in [1.82, 2.24) is 0 Å². The highest BCUT2D eigenvalue weighted by Crippen LogP contribution is 2.40. The molecular formula is C37H38O18. The van der Waals surface area contributed by atoms with E-state index in [1.807, 2.05) is 0 Å². The zero-order valence-corrected chi connectivity index (χ0v) is 29.0. The lowest BCUT2D eigenvalue weighted by Gasteiger charge is -2.45. The van der Waals surface area contributed by atoms with Crippen molar-refractivity contribution in [2.45, 2.75) is 68.3 Å². The molecule has 0 aliphatic carbocycles. The number of fused-ring (bicyclic) bond motifs is 1. The lowest BCUT2D eigenvalue weighted by molar-refractivity contribution is -0.355. The van der Waals surface area contributed by atoms with Gasteiger partial charge in [-0.2, -0.15) is 0 Å². The third-order valence-corrected chi connectivity index (χ3v) is 9.03. The summed E-state index contributed by atoms with van der Waals surface area (Å²) in [5.41, 5.74) is -0.617.